The highest BCUT2D eigenvalue weighted by Gasteiger charge is 2.01. The number of ether oxygens (including phenoxy) is 1. The third kappa shape index (κ3) is 3.87. The molecule has 0 spiro atoms. The lowest BCUT2D eigenvalue weighted by Gasteiger charge is -2.08. The molecule has 0 unspecified atom stereocenters. The average molecular weight is 151 g/mol. The van der Waals surface area contributed by atoms with Gasteiger partial charge in [0.2, 0.25) is 0 Å². The van der Waals surface area contributed by atoms with Gasteiger partial charge in [-0.25, -0.2) is 0 Å². The van der Waals surface area contributed by atoms with Crippen molar-refractivity contribution in [2.24, 2.45) is 0 Å². The lowest BCUT2D eigenvalue weighted by atomic mass is 10.1. The maximum atomic E-state index is 5.00. The quantitative estimate of drug-likeness (QED) is 0.560. The molecule has 0 N–H and O–H groups in total. The molecular weight excluding hydrogens is 136 g/mol. The van der Waals surface area contributed by atoms with Gasteiger partial charge in [-0.3, -0.25) is 0 Å². The smallest absolute Gasteiger partial charge is 0.0961 e. The zero-order valence-electron chi connectivity index (χ0n) is 7.26. The van der Waals surface area contributed by atoms with Crippen molar-refractivity contribution in [1.82, 2.24) is 0 Å². The number of hydrogen-bond donors (Lipinski definition) is 0. The predicted octanol–water partition coefficient (Wildman–Crippen LogP) is 2.73. The molecule has 0 aliphatic heterocycles. The van der Waals surface area contributed by atoms with E-state index in [1.807, 2.05) is 18.6 Å². The fraction of sp³-hybridized carbons (Fsp3) is 0.300. The van der Waals surface area contributed by atoms with Crippen molar-refractivity contribution in [3.63, 3.8) is 0 Å². The van der Waals surface area contributed by atoms with Crippen molar-refractivity contribution in [3.05, 3.63) is 43.8 Å². The second-order valence-corrected chi connectivity index (χ2v) is 1.99. The zero-order valence-corrected chi connectivity index (χ0v) is 7.26. The lowest BCUT2D eigenvalue weighted by molar-refractivity contribution is 0.282. The van der Waals surface area contributed by atoms with Crippen molar-refractivity contribution < 1.29 is 4.74 Å². The molecule has 1 nitrogen and oxygen atoms in total. The van der Waals surface area contributed by atoms with Crippen LogP contribution < -0.4 is 0 Å². The average Bonchev–Trinajstić information content (AvgIpc) is 2.10. The standard InChI is InChI=1S/C8H10O.C2H5/c1-7-3-5-8(9-2)6-4-7;1-2/h3-5H,1,6H2,2H3;1H2,2H3. The molecule has 61 valence electrons. The van der Waals surface area contributed by atoms with Crippen molar-refractivity contribution >= 4 is 0 Å². The van der Waals surface area contributed by atoms with Crippen LogP contribution in [0.5, 0.6) is 0 Å². The minimum atomic E-state index is 0.881. The number of hydrogen-bond acceptors (Lipinski definition) is 1. The van der Waals surface area contributed by atoms with Crippen LogP contribution in [-0.2, 0) is 4.74 Å². The summed E-state index contributed by atoms with van der Waals surface area (Å²) in [6.07, 6.45) is 6.81. The molecule has 3 radical (unpaired) electrons. The Morgan fingerprint density at radius 1 is 1.36 bits per heavy atom. The molecule has 0 saturated heterocycles. The van der Waals surface area contributed by atoms with E-state index in [1.165, 1.54) is 0 Å². The third-order valence-electron chi connectivity index (χ3n) is 1.31. The maximum absolute atomic E-state index is 5.00. The monoisotopic (exact) mass is 151 g/mol. The van der Waals surface area contributed by atoms with E-state index in [1.54, 1.807) is 14.0 Å². The minimum absolute atomic E-state index is 0.881. The van der Waals surface area contributed by atoms with Crippen molar-refractivity contribution in [3.8, 4) is 0 Å². The molecule has 0 atom stereocenters. The predicted molar refractivity (Wildman–Crippen MR) is 48.5 cm³/mol. The van der Waals surface area contributed by atoms with Gasteiger partial charge in [-0.2, -0.15) is 0 Å². The molecule has 0 heterocycles. The SMILES string of the molecule is [CH2]C.[CH2]C1=CC=C(OC)C[CH]1. The van der Waals surface area contributed by atoms with Crippen LogP contribution in [0.15, 0.2) is 23.5 Å². The summed E-state index contributed by atoms with van der Waals surface area (Å²) in [5.74, 6) is 1.00. The van der Waals surface area contributed by atoms with Gasteiger partial charge in [0.15, 0.2) is 0 Å². The van der Waals surface area contributed by atoms with E-state index in [0.29, 0.717) is 0 Å². The zero-order chi connectivity index (χ0) is 8.69. The Kier molecular flexibility index (Phi) is 5.63. The Morgan fingerprint density at radius 3 is 2.36 bits per heavy atom. The molecule has 0 aromatic heterocycles. The van der Waals surface area contributed by atoms with Crippen molar-refractivity contribution in [2.75, 3.05) is 7.11 Å². The van der Waals surface area contributed by atoms with Gasteiger partial charge in [0, 0.05) is 6.42 Å². The van der Waals surface area contributed by atoms with E-state index in [-0.39, 0.29) is 0 Å². The molecular formula is C10H15O. The van der Waals surface area contributed by atoms with Crippen molar-refractivity contribution in [2.45, 2.75) is 13.3 Å². The van der Waals surface area contributed by atoms with Gasteiger partial charge >= 0.3 is 0 Å². The molecule has 0 saturated carbocycles. The van der Waals surface area contributed by atoms with Crippen LogP contribution in [0.3, 0.4) is 0 Å². The summed E-state index contributed by atoms with van der Waals surface area (Å²) < 4.78 is 5.00. The molecule has 1 heteroatoms. The van der Waals surface area contributed by atoms with E-state index >= 15 is 0 Å². The first-order valence-corrected chi connectivity index (χ1v) is 3.63. The Labute approximate surface area is 69.8 Å². The van der Waals surface area contributed by atoms with Crippen LogP contribution in [0.2, 0.25) is 0 Å². The lowest BCUT2D eigenvalue weighted by Crippen LogP contribution is -1.93. The summed E-state index contributed by atoms with van der Waals surface area (Å²) in [7, 11) is 1.68. The first kappa shape index (κ1) is 10.3. The molecule has 0 aromatic rings. The fourth-order valence-corrected chi connectivity index (χ4v) is 0.719. The Morgan fingerprint density at radius 2 is 2.00 bits per heavy atom. The summed E-state index contributed by atoms with van der Waals surface area (Å²) in [5, 5.41) is 0. The van der Waals surface area contributed by atoms with Crippen LogP contribution in [0.1, 0.15) is 13.3 Å². The number of rotatable bonds is 1. The van der Waals surface area contributed by atoms with Gasteiger partial charge in [-0.05, 0) is 19.4 Å². The van der Waals surface area contributed by atoms with Crippen LogP contribution in [-0.4, -0.2) is 7.11 Å². The molecule has 0 bridgehead atoms. The Balaban J connectivity index is 0.000000461. The van der Waals surface area contributed by atoms with Crippen LogP contribution in [0.25, 0.3) is 0 Å². The van der Waals surface area contributed by atoms with E-state index in [4.69, 9.17) is 4.74 Å². The minimum Gasteiger partial charge on any atom is -0.501 e. The molecule has 11 heavy (non-hydrogen) atoms. The summed E-state index contributed by atoms with van der Waals surface area (Å²) >= 11 is 0. The van der Waals surface area contributed by atoms with Gasteiger partial charge < -0.3 is 4.74 Å². The van der Waals surface area contributed by atoms with E-state index < -0.39 is 0 Å². The van der Waals surface area contributed by atoms with Crippen LogP contribution >= 0.6 is 0 Å². The summed E-state index contributed by atoms with van der Waals surface area (Å²) in [4.78, 5) is 0. The summed E-state index contributed by atoms with van der Waals surface area (Å²) in [6.45, 7) is 8.77. The van der Waals surface area contributed by atoms with E-state index in [0.717, 1.165) is 17.8 Å². The molecule has 1 aliphatic rings. The number of allylic oxidation sites excluding steroid dienone is 4. The number of methoxy groups -OCH3 is 1. The second-order valence-electron chi connectivity index (χ2n) is 1.99. The molecule has 0 fully saturated rings. The van der Waals surface area contributed by atoms with Gasteiger partial charge in [0.25, 0.3) is 0 Å². The summed E-state index contributed by atoms with van der Waals surface area (Å²) in [6, 6.07) is 0. The van der Waals surface area contributed by atoms with E-state index in [2.05, 4.69) is 13.8 Å². The highest BCUT2D eigenvalue weighted by molar-refractivity contribution is 5.30. The normalized spacial score (nSPS) is 15.6. The largest absolute Gasteiger partial charge is 0.501 e. The van der Waals surface area contributed by atoms with Crippen LogP contribution in [0, 0.1) is 20.3 Å². The third-order valence-corrected chi connectivity index (χ3v) is 1.31. The Hall–Kier alpha value is -0.720. The first-order chi connectivity index (χ1) is 5.33. The molecule has 0 amide bonds. The van der Waals surface area contributed by atoms with Crippen molar-refractivity contribution in [1.29, 1.82) is 0 Å². The summed E-state index contributed by atoms with van der Waals surface area (Å²) in [5.41, 5.74) is 1.07. The topological polar surface area (TPSA) is 9.23 Å². The fourth-order valence-electron chi connectivity index (χ4n) is 0.719. The molecule has 1 rings (SSSR count). The highest BCUT2D eigenvalue weighted by atomic mass is 16.5. The van der Waals surface area contributed by atoms with Crippen LogP contribution in [0.4, 0.5) is 0 Å². The first-order valence-electron chi connectivity index (χ1n) is 3.63. The van der Waals surface area contributed by atoms with Gasteiger partial charge in [-0.15, -0.1) is 0 Å². The maximum Gasteiger partial charge on any atom is 0.0961 e. The van der Waals surface area contributed by atoms with Gasteiger partial charge in [0.1, 0.15) is 0 Å². The van der Waals surface area contributed by atoms with Gasteiger partial charge in [0.05, 0.1) is 12.9 Å². The van der Waals surface area contributed by atoms with E-state index in [9.17, 15) is 0 Å². The van der Waals surface area contributed by atoms with Gasteiger partial charge in [-0.1, -0.05) is 25.5 Å². The highest BCUT2D eigenvalue weighted by Crippen LogP contribution is 2.15. The molecule has 0 aromatic carbocycles. The second kappa shape index (κ2) is 6.02. The Bertz CT molecular complexity index is 154. The molecule has 1 aliphatic carbocycles.